The summed E-state index contributed by atoms with van der Waals surface area (Å²) >= 11 is 0. The van der Waals surface area contributed by atoms with Crippen LogP contribution in [-0.2, 0) is 0 Å². The van der Waals surface area contributed by atoms with Crippen molar-refractivity contribution < 1.29 is 4.79 Å². The first-order valence-corrected chi connectivity index (χ1v) is 7.89. The Morgan fingerprint density at radius 3 is 2.60 bits per heavy atom. The standard InChI is InChI=1S/C17H19N7O/c1-11(2)24-7-6-15(23-24)22-17(25)16-14(5-4-12(3)20-16)21-13-8-18-10-19-9-13/h4-11,21H,1-3H3,(H,22,23,25). The SMILES string of the molecule is Cc1ccc(Nc2cncnc2)c(C(=O)Nc2ccn(C(C)C)n2)n1. The number of nitrogens with zero attached hydrogens (tertiary/aromatic N) is 5. The topological polar surface area (TPSA) is 97.6 Å². The lowest BCUT2D eigenvalue weighted by Crippen LogP contribution is -2.17. The fraction of sp³-hybridized carbons (Fsp3) is 0.235. The van der Waals surface area contributed by atoms with E-state index >= 15 is 0 Å². The van der Waals surface area contributed by atoms with E-state index in [1.165, 1.54) is 6.33 Å². The normalized spacial score (nSPS) is 10.7. The van der Waals surface area contributed by atoms with Gasteiger partial charge in [0, 0.05) is 24.0 Å². The van der Waals surface area contributed by atoms with E-state index in [-0.39, 0.29) is 17.6 Å². The highest BCUT2D eigenvalue weighted by molar-refractivity contribution is 6.06. The Labute approximate surface area is 145 Å². The molecular formula is C17H19N7O. The number of hydrogen-bond donors (Lipinski definition) is 2. The van der Waals surface area contributed by atoms with Gasteiger partial charge in [0.25, 0.3) is 5.91 Å². The van der Waals surface area contributed by atoms with E-state index in [1.807, 2.05) is 33.0 Å². The molecule has 3 heterocycles. The van der Waals surface area contributed by atoms with Crippen LogP contribution >= 0.6 is 0 Å². The number of aryl methyl sites for hydroxylation is 1. The molecule has 0 saturated heterocycles. The Bertz CT molecular complexity index is 874. The van der Waals surface area contributed by atoms with Crippen LogP contribution in [0, 0.1) is 6.92 Å². The van der Waals surface area contributed by atoms with Gasteiger partial charge in [0.05, 0.1) is 23.8 Å². The highest BCUT2D eigenvalue weighted by Crippen LogP contribution is 2.20. The molecule has 0 radical (unpaired) electrons. The summed E-state index contributed by atoms with van der Waals surface area (Å²) in [6, 6.07) is 5.61. The maximum absolute atomic E-state index is 12.7. The minimum atomic E-state index is -0.336. The van der Waals surface area contributed by atoms with Gasteiger partial charge in [-0.05, 0) is 32.9 Å². The third kappa shape index (κ3) is 3.97. The summed E-state index contributed by atoms with van der Waals surface area (Å²) in [7, 11) is 0. The summed E-state index contributed by atoms with van der Waals surface area (Å²) in [5.41, 5.74) is 2.27. The maximum atomic E-state index is 12.7. The zero-order valence-corrected chi connectivity index (χ0v) is 14.3. The number of pyridine rings is 1. The molecule has 0 atom stereocenters. The predicted molar refractivity (Wildman–Crippen MR) is 94.9 cm³/mol. The number of aromatic nitrogens is 5. The first-order chi connectivity index (χ1) is 12.0. The highest BCUT2D eigenvalue weighted by atomic mass is 16.2. The van der Waals surface area contributed by atoms with Crippen LogP contribution in [0.1, 0.15) is 36.1 Å². The number of amides is 1. The molecule has 0 unspecified atom stereocenters. The average molecular weight is 337 g/mol. The zero-order chi connectivity index (χ0) is 17.8. The van der Waals surface area contributed by atoms with Crippen LogP contribution in [0.25, 0.3) is 0 Å². The number of carbonyl (C=O) groups is 1. The second-order valence-corrected chi connectivity index (χ2v) is 5.83. The van der Waals surface area contributed by atoms with Gasteiger partial charge in [-0.1, -0.05) is 0 Å². The number of rotatable bonds is 5. The quantitative estimate of drug-likeness (QED) is 0.743. The molecule has 0 bridgehead atoms. The molecule has 0 aliphatic heterocycles. The lowest BCUT2D eigenvalue weighted by atomic mass is 10.2. The molecule has 0 saturated carbocycles. The first kappa shape index (κ1) is 16.6. The molecule has 25 heavy (non-hydrogen) atoms. The van der Waals surface area contributed by atoms with Gasteiger partial charge in [0.15, 0.2) is 11.5 Å². The van der Waals surface area contributed by atoms with E-state index in [4.69, 9.17) is 0 Å². The fourth-order valence-electron chi connectivity index (χ4n) is 2.22. The van der Waals surface area contributed by atoms with Crippen molar-refractivity contribution >= 4 is 23.1 Å². The van der Waals surface area contributed by atoms with Gasteiger partial charge in [0.2, 0.25) is 0 Å². The number of hydrogen-bond acceptors (Lipinski definition) is 6. The van der Waals surface area contributed by atoms with Crippen LogP contribution in [-0.4, -0.2) is 30.6 Å². The molecule has 1 amide bonds. The van der Waals surface area contributed by atoms with Crippen molar-refractivity contribution in [3.8, 4) is 0 Å². The molecule has 3 aromatic rings. The first-order valence-electron chi connectivity index (χ1n) is 7.89. The van der Waals surface area contributed by atoms with Gasteiger partial charge in [-0.3, -0.25) is 9.48 Å². The maximum Gasteiger partial charge on any atom is 0.277 e. The fourth-order valence-corrected chi connectivity index (χ4v) is 2.22. The molecule has 0 fully saturated rings. The van der Waals surface area contributed by atoms with E-state index in [0.29, 0.717) is 17.2 Å². The molecular weight excluding hydrogens is 318 g/mol. The highest BCUT2D eigenvalue weighted by Gasteiger charge is 2.16. The second kappa shape index (κ2) is 7.08. The van der Waals surface area contributed by atoms with Crippen molar-refractivity contribution in [3.05, 3.63) is 54.5 Å². The Hall–Kier alpha value is -3.29. The van der Waals surface area contributed by atoms with Crippen molar-refractivity contribution in [2.24, 2.45) is 0 Å². The molecule has 8 nitrogen and oxygen atoms in total. The van der Waals surface area contributed by atoms with Crippen LogP contribution in [0.3, 0.4) is 0 Å². The van der Waals surface area contributed by atoms with E-state index < -0.39 is 0 Å². The van der Waals surface area contributed by atoms with E-state index in [0.717, 1.165) is 5.69 Å². The van der Waals surface area contributed by atoms with Crippen molar-refractivity contribution in [3.63, 3.8) is 0 Å². The number of anilines is 3. The van der Waals surface area contributed by atoms with Gasteiger partial charge in [0.1, 0.15) is 6.33 Å². The summed E-state index contributed by atoms with van der Waals surface area (Å²) in [4.78, 5) is 24.9. The van der Waals surface area contributed by atoms with E-state index in [2.05, 4.69) is 30.7 Å². The van der Waals surface area contributed by atoms with Crippen LogP contribution in [0.5, 0.6) is 0 Å². The largest absolute Gasteiger partial charge is 0.351 e. The molecule has 0 aromatic carbocycles. The Kier molecular flexibility index (Phi) is 4.69. The molecule has 0 spiro atoms. The van der Waals surface area contributed by atoms with Crippen LogP contribution in [0.4, 0.5) is 17.2 Å². The summed E-state index contributed by atoms with van der Waals surface area (Å²) < 4.78 is 1.78. The lowest BCUT2D eigenvalue weighted by molar-refractivity contribution is 0.102. The minimum absolute atomic E-state index is 0.220. The Balaban J connectivity index is 1.84. The van der Waals surface area contributed by atoms with Crippen molar-refractivity contribution in [1.82, 2.24) is 24.7 Å². The smallest absolute Gasteiger partial charge is 0.277 e. The number of nitrogens with one attached hydrogen (secondary N) is 2. The summed E-state index contributed by atoms with van der Waals surface area (Å²) in [5.74, 6) is 0.146. The average Bonchev–Trinajstić information content (AvgIpc) is 3.06. The molecule has 2 N–H and O–H groups in total. The summed E-state index contributed by atoms with van der Waals surface area (Å²) in [6.45, 7) is 5.87. The third-order valence-electron chi connectivity index (χ3n) is 3.47. The molecule has 0 aliphatic carbocycles. The van der Waals surface area contributed by atoms with Gasteiger partial charge >= 0.3 is 0 Å². The van der Waals surface area contributed by atoms with Crippen molar-refractivity contribution in [2.45, 2.75) is 26.8 Å². The van der Waals surface area contributed by atoms with Crippen molar-refractivity contribution in [1.29, 1.82) is 0 Å². The van der Waals surface area contributed by atoms with Gasteiger partial charge in [-0.2, -0.15) is 5.10 Å². The second-order valence-electron chi connectivity index (χ2n) is 5.83. The van der Waals surface area contributed by atoms with Gasteiger partial charge < -0.3 is 10.6 Å². The molecule has 3 aromatic heterocycles. The van der Waals surface area contributed by atoms with Crippen LogP contribution in [0.15, 0.2) is 43.1 Å². The van der Waals surface area contributed by atoms with Gasteiger partial charge in [-0.15, -0.1) is 0 Å². The van der Waals surface area contributed by atoms with E-state index in [9.17, 15) is 4.79 Å². The molecule has 0 aliphatic rings. The Morgan fingerprint density at radius 2 is 1.92 bits per heavy atom. The summed E-state index contributed by atoms with van der Waals surface area (Å²) in [5, 5.41) is 10.2. The minimum Gasteiger partial charge on any atom is -0.351 e. The zero-order valence-electron chi connectivity index (χ0n) is 14.3. The monoisotopic (exact) mass is 337 g/mol. The van der Waals surface area contributed by atoms with Crippen LogP contribution in [0.2, 0.25) is 0 Å². The van der Waals surface area contributed by atoms with E-state index in [1.54, 1.807) is 29.2 Å². The number of carbonyl (C=O) groups excluding carboxylic acids is 1. The van der Waals surface area contributed by atoms with Crippen molar-refractivity contribution in [2.75, 3.05) is 10.6 Å². The summed E-state index contributed by atoms with van der Waals surface area (Å²) in [6.07, 6.45) is 6.51. The van der Waals surface area contributed by atoms with Gasteiger partial charge in [-0.25, -0.2) is 15.0 Å². The molecule has 3 rings (SSSR count). The van der Waals surface area contributed by atoms with Crippen LogP contribution < -0.4 is 10.6 Å². The predicted octanol–water partition coefficient (Wildman–Crippen LogP) is 2.95. The molecule has 128 valence electrons. The third-order valence-corrected chi connectivity index (χ3v) is 3.47. The lowest BCUT2D eigenvalue weighted by Gasteiger charge is -2.11. The molecule has 8 heteroatoms. The Morgan fingerprint density at radius 1 is 1.16 bits per heavy atom.